The van der Waals surface area contributed by atoms with Gasteiger partial charge in [-0.15, -0.1) is 0 Å². The number of halogens is 6. The first kappa shape index (κ1) is 28.6. The Morgan fingerprint density at radius 3 is 2.11 bits per heavy atom. The van der Waals surface area contributed by atoms with Crippen LogP contribution in [-0.4, -0.2) is 30.4 Å². The van der Waals surface area contributed by atoms with Crippen LogP contribution in [0.15, 0.2) is 66.7 Å². The van der Waals surface area contributed by atoms with E-state index < -0.39 is 53.1 Å². The lowest BCUT2D eigenvalue weighted by Crippen LogP contribution is -2.45. The molecule has 2 aromatic carbocycles. The largest absolute Gasteiger partial charge is 0.549 e. The number of rotatable bonds is 8. The second-order valence-corrected chi connectivity index (χ2v) is 9.16. The SMILES string of the molecule is CC1(C)[C@H](/C=C\C(=O)OC(C(F)(F)F)C(F)(F)F)[C@@]1(C(=O)[O-])[C@@H](C#N)c1cccc(Oc2ccccc2)c1. The molecule has 12 heteroatoms. The average molecular weight is 540 g/mol. The minimum absolute atomic E-state index is 0.214. The van der Waals surface area contributed by atoms with Crippen LogP contribution in [0.3, 0.4) is 0 Å². The van der Waals surface area contributed by atoms with Gasteiger partial charge in [-0.3, -0.25) is 0 Å². The Bertz CT molecular complexity index is 1250. The molecule has 1 fully saturated rings. The molecule has 1 aliphatic rings. The quantitative estimate of drug-likeness (QED) is 0.263. The molecule has 38 heavy (non-hydrogen) atoms. The second kappa shape index (κ2) is 10.0. The smallest absolute Gasteiger partial charge is 0.434 e. The summed E-state index contributed by atoms with van der Waals surface area (Å²) in [7, 11) is 0. The molecule has 0 N–H and O–H groups in total. The van der Waals surface area contributed by atoms with E-state index in [1.807, 2.05) is 6.07 Å². The van der Waals surface area contributed by atoms with Crippen molar-refractivity contribution in [3.05, 3.63) is 72.3 Å². The number of carboxylic acid groups (broad SMARTS) is 1. The Balaban J connectivity index is 1.90. The molecule has 3 atom stereocenters. The fraction of sp³-hybridized carbons (Fsp3) is 0.346. The predicted molar refractivity (Wildman–Crippen MR) is 117 cm³/mol. The van der Waals surface area contributed by atoms with E-state index in [1.54, 1.807) is 36.4 Å². The third-order valence-corrected chi connectivity index (χ3v) is 6.60. The van der Waals surface area contributed by atoms with Crippen molar-refractivity contribution < 1.29 is 50.5 Å². The molecule has 0 bridgehead atoms. The summed E-state index contributed by atoms with van der Waals surface area (Å²) in [5.41, 5.74) is -3.05. The van der Waals surface area contributed by atoms with Crippen LogP contribution in [0, 0.1) is 28.1 Å². The van der Waals surface area contributed by atoms with Gasteiger partial charge in [-0.05, 0) is 41.2 Å². The van der Waals surface area contributed by atoms with Crippen molar-refractivity contribution in [2.24, 2.45) is 16.7 Å². The van der Waals surface area contributed by atoms with Gasteiger partial charge in [0.2, 0.25) is 0 Å². The summed E-state index contributed by atoms with van der Waals surface area (Å²) in [6, 6.07) is 16.5. The van der Waals surface area contributed by atoms with Crippen molar-refractivity contribution >= 4 is 11.9 Å². The molecule has 0 saturated heterocycles. The molecule has 0 heterocycles. The number of carboxylic acids is 1. The summed E-state index contributed by atoms with van der Waals surface area (Å²) < 4.78 is 85.5. The van der Waals surface area contributed by atoms with Gasteiger partial charge in [-0.1, -0.05) is 50.3 Å². The van der Waals surface area contributed by atoms with Crippen molar-refractivity contribution in [2.75, 3.05) is 0 Å². The van der Waals surface area contributed by atoms with E-state index in [4.69, 9.17) is 4.74 Å². The molecule has 0 aliphatic heterocycles. The zero-order valence-corrected chi connectivity index (χ0v) is 19.8. The third kappa shape index (κ3) is 5.32. The Morgan fingerprint density at radius 2 is 1.58 bits per heavy atom. The van der Waals surface area contributed by atoms with Gasteiger partial charge in [0.1, 0.15) is 11.5 Å². The highest BCUT2D eigenvalue weighted by Gasteiger charge is 2.74. The van der Waals surface area contributed by atoms with E-state index in [2.05, 4.69) is 4.74 Å². The molecule has 1 aliphatic carbocycles. The Morgan fingerprint density at radius 1 is 1.00 bits per heavy atom. The van der Waals surface area contributed by atoms with Crippen LogP contribution < -0.4 is 9.84 Å². The van der Waals surface area contributed by atoms with Crippen LogP contribution in [0.25, 0.3) is 0 Å². The lowest BCUT2D eigenvalue weighted by molar-refractivity contribution is -0.316. The minimum atomic E-state index is -5.91. The highest BCUT2D eigenvalue weighted by atomic mass is 19.4. The first-order valence-electron chi connectivity index (χ1n) is 11.0. The topological polar surface area (TPSA) is 99.5 Å². The number of carbonyl (C=O) groups is 2. The van der Waals surface area contributed by atoms with Gasteiger partial charge >= 0.3 is 18.3 Å². The lowest BCUT2D eigenvalue weighted by Gasteiger charge is -2.27. The normalized spacial score (nSPS) is 21.5. The number of aliphatic carboxylic acids is 1. The van der Waals surface area contributed by atoms with E-state index in [9.17, 15) is 46.3 Å². The van der Waals surface area contributed by atoms with Gasteiger partial charge < -0.3 is 19.4 Å². The molecule has 1 saturated carbocycles. The van der Waals surface area contributed by atoms with E-state index in [0.29, 0.717) is 11.8 Å². The number of ether oxygens (including phenoxy) is 2. The number of esters is 1. The van der Waals surface area contributed by atoms with Crippen LogP contribution >= 0.6 is 0 Å². The molecule has 0 aromatic heterocycles. The van der Waals surface area contributed by atoms with Crippen molar-refractivity contribution in [3.63, 3.8) is 0 Å². The average Bonchev–Trinajstić information content (AvgIpc) is 3.31. The van der Waals surface area contributed by atoms with Crippen molar-refractivity contribution in [2.45, 2.75) is 38.2 Å². The maximum absolute atomic E-state index is 12.7. The van der Waals surface area contributed by atoms with E-state index in [0.717, 1.165) is 6.08 Å². The van der Waals surface area contributed by atoms with Crippen molar-refractivity contribution in [3.8, 4) is 17.6 Å². The molecule has 6 nitrogen and oxygen atoms in total. The van der Waals surface area contributed by atoms with Gasteiger partial charge in [0.25, 0.3) is 6.10 Å². The van der Waals surface area contributed by atoms with Gasteiger partial charge in [0.15, 0.2) is 0 Å². The predicted octanol–water partition coefficient (Wildman–Crippen LogP) is 5.07. The first-order valence-corrected chi connectivity index (χ1v) is 11.0. The highest BCUT2D eigenvalue weighted by molar-refractivity contribution is 5.85. The number of nitriles is 1. The van der Waals surface area contributed by atoms with Crippen LogP contribution in [0.1, 0.15) is 25.3 Å². The number of para-hydroxylation sites is 1. The van der Waals surface area contributed by atoms with Crippen LogP contribution in [0.5, 0.6) is 11.5 Å². The molecule has 2 aromatic rings. The van der Waals surface area contributed by atoms with Crippen LogP contribution in [0.4, 0.5) is 26.3 Å². The maximum Gasteiger partial charge on any atom is 0.434 e. The maximum atomic E-state index is 12.7. The molecular formula is C26H20F6NO5-. The van der Waals surface area contributed by atoms with Crippen LogP contribution in [0.2, 0.25) is 0 Å². The van der Waals surface area contributed by atoms with Gasteiger partial charge in [0, 0.05) is 11.5 Å². The Hall–Kier alpha value is -4.01. The number of nitrogens with zero attached hydrogens (tertiary/aromatic N) is 1. The van der Waals surface area contributed by atoms with Crippen LogP contribution in [-0.2, 0) is 14.3 Å². The molecule has 0 amide bonds. The minimum Gasteiger partial charge on any atom is -0.549 e. The first-order chi connectivity index (χ1) is 17.6. The number of carbonyl (C=O) groups excluding carboxylic acids is 2. The van der Waals surface area contributed by atoms with Crippen molar-refractivity contribution in [1.29, 1.82) is 5.26 Å². The summed E-state index contributed by atoms with van der Waals surface area (Å²) >= 11 is 0. The summed E-state index contributed by atoms with van der Waals surface area (Å²) in [6.07, 6.45) is -15.0. The van der Waals surface area contributed by atoms with Gasteiger partial charge in [-0.25, -0.2) is 4.79 Å². The standard InChI is InChI=1S/C26H21F6NO5/c1-23(2)19(11-12-20(34)38-21(25(27,28)29)26(30,31)32)24(23,22(35)36)18(14-33)15-7-6-10-17(13-15)37-16-8-4-3-5-9-16/h3-13,18-19,21H,1-2H3,(H,35,36)/p-1/b12-11-/t18-,19-,24+/m0/s1. The summed E-state index contributed by atoms with van der Waals surface area (Å²) in [5.74, 6) is -5.48. The number of benzene rings is 2. The van der Waals surface area contributed by atoms with E-state index in [-0.39, 0.29) is 11.3 Å². The fourth-order valence-corrected chi connectivity index (χ4v) is 4.76. The lowest BCUT2D eigenvalue weighted by atomic mass is 9.78. The van der Waals surface area contributed by atoms with E-state index in [1.165, 1.54) is 32.0 Å². The van der Waals surface area contributed by atoms with Gasteiger partial charge in [0.05, 0.1) is 18.0 Å². The molecule has 0 spiro atoms. The number of allylic oxidation sites excluding steroid dienone is 1. The zero-order chi connectivity index (χ0) is 28.5. The van der Waals surface area contributed by atoms with Crippen molar-refractivity contribution in [1.82, 2.24) is 0 Å². The highest BCUT2D eigenvalue weighted by Crippen LogP contribution is 2.74. The Kier molecular flexibility index (Phi) is 7.55. The molecule has 0 unspecified atom stereocenters. The zero-order valence-electron chi connectivity index (χ0n) is 19.8. The number of alkyl halides is 6. The molecule has 3 rings (SSSR count). The molecule has 202 valence electrons. The monoisotopic (exact) mass is 540 g/mol. The summed E-state index contributed by atoms with van der Waals surface area (Å²) in [5, 5.41) is 22.4. The molecular weight excluding hydrogens is 520 g/mol. The van der Waals surface area contributed by atoms with Gasteiger partial charge in [-0.2, -0.15) is 31.6 Å². The van der Waals surface area contributed by atoms with E-state index >= 15 is 0 Å². The number of hydrogen-bond donors (Lipinski definition) is 0. The fourth-order valence-electron chi connectivity index (χ4n) is 4.76. The number of hydrogen-bond acceptors (Lipinski definition) is 6. The molecule has 0 radical (unpaired) electrons. The third-order valence-electron chi connectivity index (χ3n) is 6.60. The second-order valence-electron chi connectivity index (χ2n) is 9.16. The summed E-state index contributed by atoms with van der Waals surface area (Å²) in [6.45, 7) is 2.85. The Labute approximate surface area is 213 Å². The summed E-state index contributed by atoms with van der Waals surface area (Å²) in [4.78, 5) is 24.2.